The summed E-state index contributed by atoms with van der Waals surface area (Å²) in [4.78, 5) is 0. The molecule has 4 rings (SSSR count). The smallest absolute Gasteiger partial charge is 0.0116 e. The third-order valence-corrected chi connectivity index (χ3v) is 5.14. The van der Waals surface area contributed by atoms with E-state index in [1.807, 2.05) is 0 Å². The second-order valence-electron chi connectivity index (χ2n) is 6.35. The summed E-state index contributed by atoms with van der Waals surface area (Å²) in [5.74, 6) is 0. The van der Waals surface area contributed by atoms with Crippen LogP contribution in [-0.4, -0.2) is 0 Å². The predicted octanol–water partition coefficient (Wildman–Crippen LogP) is 7.06. The zero-order valence-electron chi connectivity index (χ0n) is 14.6. The third-order valence-electron chi connectivity index (χ3n) is 4.73. The van der Waals surface area contributed by atoms with Crippen molar-refractivity contribution in [1.82, 2.24) is 0 Å². The van der Waals surface area contributed by atoms with E-state index in [1.54, 1.807) is 0 Å². The van der Waals surface area contributed by atoms with Crippen LogP contribution in [0.4, 0.5) is 0 Å². The molecular formula is C25H21P. The fourth-order valence-corrected chi connectivity index (χ4v) is 3.88. The van der Waals surface area contributed by atoms with Crippen molar-refractivity contribution in [2.75, 3.05) is 0 Å². The molecule has 0 nitrogen and oxygen atoms in total. The molecule has 0 radical (unpaired) electrons. The van der Waals surface area contributed by atoms with E-state index in [2.05, 4.69) is 112 Å². The molecule has 1 heteroatoms. The lowest BCUT2D eigenvalue weighted by atomic mass is 9.88. The van der Waals surface area contributed by atoms with Gasteiger partial charge in [-0.2, -0.15) is 0 Å². The molecule has 4 aromatic rings. The maximum atomic E-state index is 2.91. The van der Waals surface area contributed by atoms with E-state index in [1.165, 1.54) is 38.9 Å². The first kappa shape index (κ1) is 16.8. The average molecular weight is 352 g/mol. The van der Waals surface area contributed by atoms with Gasteiger partial charge in [0.05, 0.1) is 0 Å². The highest BCUT2D eigenvalue weighted by molar-refractivity contribution is 7.15. The molecule has 0 fully saturated rings. The normalized spacial score (nSPS) is 10.7. The molecule has 0 spiro atoms. The van der Waals surface area contributed by atoms with Crippen LogP contribution in [0.25, 0.3) is 33.4 Å². The maximum Gasteiger partial charge on any atom is -0.0116 e. The maximum absolute atomic E-state index is 2.91. The molecule has 0 saturated carbocycles. The van der Waals surface area contributed by atoms with Gasteiger partial charge in [0.1, 0.15) is 0 Å². The minimum Gasteiger partial charge on any atom is -0.133 e. The summed E-state index contributed by atoms with van der Waals surface area (Å²) >= 11 is 0. The third kappa shape index (κ3) is 3.34. The highest BCUT2D eigenvalue weighted by Gasteiger charge is 2.13. The zero-order valence-corrected chi connectivity index (χ0v) is 15.8. The van der Waals surface area contributed by atoms with Crippen molar-refractivity contribution in [1.29, 1.82) is 0 Å². The van der Waals surface area contributed by atoms with E-state index >= 15 is 0 Å². The van der Waals surface area contributed by atoms with E-state index in [0.29, 0.717) is 0 Å². The van der Waals surface area contributed by atoms with Crippen molar-refractivity contribution in [2.24, 2.45) is 0 Å². The molecule has 26 heavy (non-hydrogen) atoms. The first-order valence-electron chi connectivity index (χ1n) is 8.90. The van der Waals surface area contributed by atoms with Gasteiger partial charge in [0.15, 0.2) is 0 Å². The molecule has 0 amide bonds. The lowest BCUT2D eigenvalue weighted by Gasteiger charge is -2.17. The Bertz CT molecular complexity index is 929. The van der Waals surface area contributed by atoms with Crippen molar-refractivity contribution >= 4 is 9.24 Å². The Morgan fingerprint density at radius 1 is 0.462 bits per heavy atom. The highest BCUT2D eigenvalue weighted by atomic mass is 31.0. The fraction of sp³-hybridized carbons (Fsp3) is 0.0400. The summed E-state index contributed by atoms with van der Waals surface area (Å²) < 4.78 is 0. The van der Waals surface area contributed by atoms with Gasteiger partial charge in [-0.15, -0.1) is 9.24 Å². The first-order valence-corrected chi connectivity index (χ1v) is 9.72. The van der Waals surface area contributed by atoms with Crippen LogP contribution in [0, 0.1) is 0 Å². The Morgan fingerprint density at radius 3 is 1.23 bits per heavy atom. The van der Waals surface area contributed by atoms with Gasteiger partial charge >= 0.3 is 0 Å². The van der Waals surface area contributed by atoms with Gasteiger partial charge in [-0.25, -0.2) is 0 Å². The van der Waals surface area contributed by atoms with Gasteiger partial charge in [-0.3, -0.25) is 0 Å². The van der Waals surface area contributed by atoms with Crippen LogP contribution in [0.5, 0.6) is 0 Å². The highest BCUT2D eigenvalue weighted by Crippen LogP contribution is 2.38. The molecule has 4 aromatic carbocycles. The molecule has 1 unspecified atom stereocenters. The Morgan fingerprint density at radius 2 is 0.846 bits per heavy atom. The molecule has 0 heterocycles. The Labute approximate surface area is 157 Å². The largest absolute Gasteiger partial charge is 0.133 e. The quantitative estimate of drug-likeness (QED) is 0.345. The van der Waals surface area contributed by atoms with Crippen LogP contribution in [0.3, 0.4) is 0 Å². The van der Waals surface area contributed by atoms with Crippen LogP contribution in [0.1, 0.15) is 5.56 Å². The Hall–Kier alpha value is -2.69. The second kappa shape index (κ2) is 7.68. The fourth-order valence-electron chi connectivity index (χ4n) is 3.44. The molecule has 0 N–H and O–H groups in total. The number of hydrogen-bond donors (Lipinski definition) is 0. The Kier molecular flexibility index (Phi) is 4.95. The Balaban J connectivity index is 2.01. The number of rotatable bonds is 4. The van der Waals surface area contributed by atoms with Crippen LogP contribution >= 0.6 is 9.24 Å². The molecule has 0 aliphatic carbocycles. The summed E-state index contributed by atoms with van der Waals surface area (Å²) in [6, 6.07) is 36.7. The second-order valence-corrected chi connectivity index (χ2v) is 6.76. The van der Waals surface area contributed by atoms with Crippen LogP contribution in [-0.2, 0) is 6.16 Å². The average Bonchev–Trinajstić information content (AvgIpc) is 2.74. The molecule has 0 aliphatic rings. The lowest BCUT2D eigenvalue weighted by molar-refractivity contribution is 1.40. The van der Waals surface area contributed by atoms with E-state index in [-0.39, 0.29) is 0 Å². The standard InChI is InChI=1S/C25H21P/c26-18-25-23(20-12-6-2-7-13-20)16-22(19-10-4-1-5-11-19)17-24(25)21-14-8-3-9-15-21/h1-17H,18,26H2. The molecular weight excluding hydrogens is 331 g/mol. The number of hydrogen-bond acceptors (Lipinski definition) is 0. The van der Waals surface area contributed by atoms with E-state index < -0.39 is 0 Å². The van der Waals surface area contributed by atoms with Crippen molar-refractivity contribution in [2.45, 2.75) is 6.16 Å². The van der Waals surface area contributed by atoms with Gasteiger partial charge in [-0.1, -0.05) is 91.0 Å². The molecule has 0 aromatic heterocycles. The van der Waals surface area contributed by atoms with Crippen LogP contribution < -0.4 is 0 Å². The van der Waals surface area contributed by atoms with Gasteiger partial charge in [0, 0.05) is 0 Å². The van der Waals surface area contributed by atoms with Crippen LogP contribution in [0.15, 0.2) is 103 Å². The topological polar surface area (TPSA) is 0 Å². The SMILES string of the molecule is PCc1c(-c2ccccc2)cc(-c2ccccc2)cc1-c1ccccc1. The van der Waals surface area contributed by atoms with Crippen molar-refractivity contribution < 1.29 is 0 Å². The molecule has 1 atom stereocenters. The summed E-state index contributed by atoms with van der Waals surface area (Å²) in [5.41, 5.74) is 9.01. The predicted molar refractivity (Wildman–Crippen MR) is 116 cm³/mol. The summed E-state index contributed by atoms with van der Waals surface area (Å²) in [6.07, 6.45) is 0.920. The summed E-state index contributed by atoms with van der Waals surface area (Å²) in [7, 11) is 2.91. The molecule has 0 saturated heterocycles. The first-order chi connectivity index (χ1) is 12.9. The monoisotopic (exact) mass is 352 g/mol. The van der Waals surface area contributed by atoms with Gasteiger partial charge in [-0.05, 0) is 57.2 Å². The molecule has 0 bridgehead atoms. The lowest BCUT2D eigenvalue weighted by Crippen LogP contribution is -1.94. The minimum absolute atomic E-state index is 0.920. The zero-order chi connectivity index (χ0) is 17.8. The van der Waals surface area contributed by atoms with Gasteiger partial charge in [0.2, 0.25) is 0 Å². The van der Waals surface area contributed by atoms with Gasteiger partial charge in [0.25, 0.3) is 0 Å². The summed E-state index contributed by atoms with van der Waals surface area (Å²) in [5, 5.41) is 0. The minimum atomic E-state index is 0.920. The van der Waals surface area contributed by atoms with Crippen LogP contribution in [0.2, 0.25) is 0 Å². The van der Waals surface area contributed by atoms with Crippen molar-refractivity contribution in [3.05, 3.63) is 109 Å². The van der Waals surface area contributed by atoms with Crippen molar-refractivity contribution in [3.63, 3.8) is 0 Å². The van der Waals surface area contributed by atoms with E-state index in [9.17, 15) is 0 Å². The van der Waals surface area contributed by atoms with E-state index in [0.717, 1.165) is 6.16 Å². The number of benzene rings is 4. The van der Waals surface area contributed by atoms with E-state index in [4.69, 9.17) is 0 Å². The molecule has 0 aliphatic heterocycles. The molecule has 126 valence electrons. The van der Waals surface area contributed by atoms with Crippen molar-refractivity contribution in [3.8, 4) is 33.4 Å². The summed E-state index contributed by atoms with van der Waals surface area (Å²) in [6.45, 7) is 0. The van der Waals surface area contributed by atoms with Gasteiger partial charge < -0.3 is 0 Å².